The standard InChI is InChI=1S/C22H22ClN5O4/c23-17-6-4-16(5-7-17)22-24-20(32-25-22)2-1-3-21(29)27-14-12-26(13-15-27)18-8-10-19(11-9-18)28(30)31/h4-11H,1-3,12-15H2. The van der Waals surface area contributed by atoms with E-state index in [2.05, 4.69) is 15.0 Å². The number of nitro benzene ring substituents is 1. The molecule has 1 saturated heterocycles. The third-order valence-corrected chi connectivity index (χ3v) is 5.66. The molecule has 4 rings (SSSR count). The van der Waals surface area contributed by atoms with Crippen molar-refractivity contribution in [2.75, 3.05) is 31.1 Å². The van der Waals surface area contributed by atoms with Crippen molar-refractivity contribution in [3.05, 3.63) is 69.6 Å². The van der Waals surface area contributed by atoms with E-state index >= 15 is 0 Å². The Bertz CT molecular complexity index is 1080. The number of halogens is 1. The summed E-state index contributed by atoms with van der Waals surface area (Å²) in [6.45, 7) is 2.63. The highest BCUT2D eigenvalue weighted by atomic mass is 35.5. The van der Waals surface area contributed by atoms with E-state index in [4.69, 9.17) is 16.1 Å². The van der Waals surface area contributed by atoms with Crippen LogP contribution in [0.1, 0.15) is 18.7 Å². The van der Waals surface area contributed by atoms with Gasteiger partial charge in [-0.1, -0.05) is 16.8 Å². The van der Waals surface area contributed by atoms with Crippen LogP contribution in [0.15, 0.2) is 53.1 Å². The Morgan fingerprint density at radius 2 is 1.75 bits per heavy atom. The molecule has 1 fully saturated rings. The van der Waals surface area contributed by atoms with Gasteiger partial charge in [0, 0.05) is 67.4 Å². The highest BCUT2D eigenvalue weighted by molar-refractivity contribution is 6.30. The van der Waals surface area contributed by atoms with E-state index in [1.807, 2.05) is 17.0 Å². The number of carbonyl (C=O) groups excluding carboxylic acids is 1. The molecule has 0 bridgehead atoms. The first-order chi connectivity index (χ1) is 15.5. The first-order valence-corrected chi connectivity index (χ1v) is 10.7. The molecule has 1 aliphatic rings. The second kappa shape index (κ2) is 9.78. The van der Waals surface area contributed by atoms with Crippen LogP contribution in [0.3, 0.4) is 0 Å². The smallest absolute Gasteiger partial charge is 0.269 e. The molecule has 3 aromatic rings. The average molecular weight is 456 g/mol. The van der Waals surface area contributed by atoms with E-state index in [9.17, 15) is 14.9 Å². The molecule has 10 heteroatoms. The summed E-state index contributed by atoms with van der Waals surface area (Å²) in [7, 11) is 0. The lowest BCUT2D eigenvalue weighted by Gasteiger charge is -2.36. The zero-order valence-electron chi connectivity index (χ0n) is 17.3. The lowest BCUT2D eigenvalue weighted by atomic mass is 10.2. The van der Waals surface area contributed by atoms with Crippen molar-refractivity contribution < 1.29 is 14.2 Å². The Morgan fingerprint density at radius 3 is 2.41 bits per heavy atom. The van der Waals surface area contributed by atoms with Crippen molar-refractivity contribution in [2.45, 2.75) is 19.3 Å². The van der Waals surface area contributed by atoms with Crippen LogP contribution in [0.2, 0.25) is 5.02 Å². The van der Waals surface area contributed by atoms with Crippen molar-refractivity contribution in [3.63, 3.8) is 0 Å². The molecule has 0 N–H and O–H groups in total. The molecule has 9 nitrogen and oxygen atoms in total. The van der Waals surface area contributed by atoms with Crippen molar-refractivity contribution in [3.8, 4) is 11.4 Å². The van der Waals surface area contributed by atoms with Gasteiger partial charge in [0.05, 0.1) is 4.92 Å². The molecule has 2 aromatic carbocycles. The summed E-state index contributed by atoms with van der Waals surface area (Å²) in [5, 5.41) is 15.4. The summed E-state index contributed by atoms with van der Waals surface area (Å²) >= 11 is 5.90. The fourth-order valence-electron chi connectivity index (χ4n) is 3.62. The van der Waals surface area contributed by atoms with Gasteiger partial charge in [-0.05, 0) is 42.8 Å². The molecule has 0 aliphatic carbocycles. The zero-order valence-corrected chi connectivity index (χ0v) is 18.1. The average Bonchev–Trinajstić information content (AvgIpc) is 3.28. The predicted octanol–water partition coefficient (Wildman–Crippen LogP) is 3.97. The molecule has 1 aliphatic heterocycles. The Labute approximate surface area is 189 Å². The number of anilines is 1. The number of nitrogens with zero attached hydrogens (tertiary/aromatic N) is 5. The van der Waals surface area contributed by atoms with Crippen LogP contribution < -0.4 is 4.90 Å². The molecule has 1 amide bonds. The normalized spacial score (nSPS) is 13.9. The Balaban J connectivity index is 1.22. The van der Waals surface area contributed by atoms with Gasteiger partial charge in [0.2, 0.25) is 17.6 Å². The second-order valence-corrected chi connectivity index (χ2v) is 7.95. The summed E-state index contributed by atoms with van der Waals surface area (Å²) < 4.78 is 5.30. The van der Waals surface area contributed by atoms with E-state index < -0.39 is 4.92 Å². The van der Waals surface area contributed by atoms with E-state index in [0.29, 0.717) is 62.2 Å². The highest BCUT2D eigenvalue weighted by Gasteiger charge is 2.21. The number of hydrogen-bond acceptors (Lipinski definition) is 7. The number of non-ortho nitro benzene ring substituents is 1. The fourth-order valence-corrected chi connectivity index (χ4v) is 3.75. The van der Waals surface area contributed by atoms with Gasteiger partial charge in [0.25, 0.3) is 5.69 Å². The number of hydrogen-bond donors (Lipinski definition) is 0. The maximum absolute atomic E-state index is 12.6. The van der Waals surface area contributed by atoms with Crippen LogP contribution in [0.4, 0.5) is 11.4 Å². The van der Waals surface area contributed by atoms with Gasteiger partial charge in [-0.3, -0.25) is 14.9 Å². The Hall–Kier alpha value is -3.46. The molecule has 1 aromatic heterocycles. The number of amides is 1. The van der Waals surface area contributed by atoms with Gasteiger partial charge in [-0.15, -0.1) is 0 Å². The Kier molecular flexibility index (Phi) is 6.65. The van der Waals surface area contributed by atoms with Crippen LogP contribution in [-0.4, -0.2) is 52.1 Å². The number of nitro groups is 1. The molecule has 166 valence electrons. The maximum atomic E-state index is 12.6. The quantitative estimate of drug-likeness (QED) is 0.392. The minimum Gasteiger partial charge on any atom is -0.368 e. The van der Waals surface area contributed by atoms with Crippen molar-refractivity contribution >= 4 is 28.9 Å². The SMILES string of the molecule is O=C(CCCc1nc(-c2ccc(Cl)cc2)no1)N1CCN(c2ccc([N+](=O)[O-])cc2)CC1. The summed E-state index contributed by atoms with van der Waals surface area (Å²) in [4.78, 5) is 31.3. The summed E-state index contributed by atoms with van der Waals surface area (Å²) in [6, 6.07) is 13.7. The van der Waals surface area contributed by atoms with Crippen LogP contribution >= 0.6 is 11.6 Å². The number of aryl methyl sites for hydroxylation is 1. The Morgan fingerprint density at radius 1 is 1.06 bits per heavy atom. The van der Waals surface area contributed by atoms with Crippen molar-refractivity contribution in [1.82, 2.24) is 15.0 Å². The molecule has 0 radical (unpaired) electrons. The fraction of sp³-hybridized carbons (Fsp3) is 0.318. The summed E-state index contributed by atoms with van der Waals surface area (Å²) in [5.74, 6) is 1.11. The monoisotopic (exact) mass is 455 g/mol. The molecule has 0 atom stereocenters. The first-order valence-electron chi connectivity index (χ1n) is 10.4. The molecule has 32 heavy (non-hydrogen) atoms. The summed E-state index contributed by atoms with van der Waals surface area (Å²) in [5.41, 5.74) is 1.83. The van der Waals surface area contributed by atoms with E-state index in [-0.39, 0.29) is 11.6 Å². The van der Waals surface area contributed by atoms with Gasteiger partial charge in [-0.2, -0.15) is 4.98 Å². The van der Waals surface area contributed by atoms with Gasteiger partial charge in [0.15, 0.2) is 0 Å². The highest BCUT2D eigenvalue weighted by Crippen LogP contribution is 2.22. The maximum Gasteiger partial charge on any atom is 0.269 e. The van der Waals surface area contributed by atoms with Crippen molar-refractivity contribution in [1.29, 1.82) is 0 Å². The van der Waals surface area contributed by atoms with E-state index in [1.54, 1.807) is 24.3 Å². The largest absolute Gasteiger partial charge is 0.368 e. The van der Waals surface area contributed by atoms with E-state index in [1.165, 1.54) is 12.1 Å². The van der Waals surface area contributed by atoms with Crippen LogP contribution in [0.5, 0.6) is 0 Å². The van der Waals surface area contributed by atoms with Crippen molar-refractivity contribution in [2.24, 2.45) is 0 Å². The third kappa shape index (κ3) is 5.23. The third-order valence-electron chi connectivity index (χ3n) is 5.41. The molecule has 2 heterocycles. The minimum atomic E-state index is -0.410. The first kappa shape index (κ1) is 21.8. The molecule has 0 spiro atoms. The molecular weight excluding hydrogens is 434 g/mol. The predicted molar refractivity (Wildman–Crippen MR) is 120 cm³/mol. The molecular formula is C22H22ClN5O4. The zero-order chi connectivity index (χ0) is 22.5. The van der Waals surface area contributed by atoms with Gasteiger partial charge >= 0.3 is 0 Å². The van der Waals surface area contributed by atoms with Gasteiger partial charge in [0.1, 0.15) is 0 Å². The molecule has 0 saturated carbocycles. The second-order valence-electron chi connectivity index (χ2n) is 7.51. The van der Waals surface area contributed by atoms with Gasteiger partial charge < -0.3 is 14.3 Å². The summed E-state index contributed by atoms with van der Waals surface area (Å²) in [6.07, 6.45) is 1.58. The number of carbonyl (C=O) groups is 1. The number of rotatable bonds is 7. The minimum absolute atomic E-state index is 0.0732. The number of benzene rings is 2. The lowest BCUT2D eigenvalue weighted by molar-refractivity contribution is -0.384. The van der Waals surface area contributed by atoms with Gasteiger partial charge in [-0.25, -0.2) is 0 Å². The lowest BCUT2D eigenvalue weighted by Crippen LogP contribution is -2.48. The van der Waals surface area contributed by atoms with Crippen LogP contribution in [0.25, 0.3) is 11.4 Å². The topological polar surface area (TPSA) is 106 Å². The number of aromatic nitrogens is 2. The number of piperazine rings is 1. The molecule has 0 unspecified atom stereocenters. The van der Waals surface area contributed by atoms with E-state index in [0.717, 1.165) is 11.3 Å². The van der Waals surface area contributed by atoms with Crippen LogP contribution in [-0.2, 0) is 11.2 Å². The van der Waals surface area contributed by atoms with Crippen LogP contribution in [0, 0.1) is 10.1 Å².